The summed E-state index contributed by atoms with van der Waals surface area (Å²) in [5.74, 6) is -0.168. The van der Waals surface area contributed by atoms with Crippen LogP contribution in [0.2, 0.25) is 0 Å². The zero-order valence-electron chi connectivity index (χ0n) is 24.9. The van der Waals surface area contributed by atoms with Crippen LogP contribution in [0.5, 0.6) is 0 Å². The number of nitrogens with zero attached hydrogens (tertiary/aromatic N) is 5. The molecule has 2 N–H and O–H groups in total. The minimum absolute atomic E-state index is 0.0712. The van der Waals surface area contributed by atoms with Gasteiger partial charge in [0.15, 0.2) is 0 Å². The van der Waals surface area contributed by atoms with Gasteiger partial charge in [0, 0.05) is 36.2 Å². The molecule has 1 unspecified atom stereocenters. The number of nitrogens with one attached hydrogen (secondary N) is 1. The highest BCUT2D eigenvalue weighted by molar-refractivity contribution is 6.10. The molecule has 3 aromatic rings. The maximum atomic E-state index is 14.6. The van der Waals surface area contributed by atoms with Crippen molar-refractivity contribution in [3.63, 3.8) is 0 Å². The maximum Gasteiger partial charge on any atom is 0.416 e. The summed E-state index contributed by atoms with van der Waals surface area (Å²) in [6, 6.07) is 5.40. The summed E-state index contributed by atoms with van der Waals surface area (Å²) < 4.78 is 51.0. The number of pyridine rings is 1. The monoisotopic (exact) mass is 624 g/mol. The molecule has 1 amide bonds. The Kier molecular flexibility index (Phi) is 7.63. The van der Waals surface area contributed by atoms with Gasteiger partial charge in [0.05, 0.1) is 37.7 Å². The molecule has 7 rings (SSSR count). The van der Waals surface area contributed by atoms with Crippen molar-refractivity contribution >= 4 is 17.7 Å². The second-order valence-corrected chi connectivity index (χ2v) is 12.9. The summed E-state index contributed by atoms with van der Waals surface area (Å²) >= 11 is 0. The molecular formula is C32H35F3N6O4. The zero-order valence-corrected chi connectivity index (χ0v) is 24.9. The number of aryl methyl sites for hydroxylation is 1. The molecule has 2 aliphatic carbocycles. The van der Waals surface area contributed by atoms with Gasteiger partial charge >= 0.3 is 12.1 Å². The first kappa shape index (κ1) is 29.8. The number of aliphatic carboxylic acids is 1. The number of rotatable bonds is 11. The van der Waals surface area contributed by atoms with Gasteiger partial charge in [-0.2, -0.15) is 13.2 Å². The Morgan fingerprint density at radius 1 is 1.13 bits per heavy atom. The van der Waals surface area contributed by atoms with Crippen molar-refractivity contribution < 1.29 is 32.6 Å². The maximum absolute atomic E-state index is 14.6. The van der Waals surface area contributed by atoms with Crippen LogP contribution in [0.25, 0.3) is 0 Å². The lowest BCUT2D eigenvalue weighted by molar-refractivity contribution is -0.138. The third-order valence-corrected chi connectivity index (χ3v) is 9.67. The number of carboxylic acids is 1. The van der Waals surface area contributed by atoms with Gasteiger partial charge in [-0.05, 0) is 79.1 Å². The third kappa shape index (κ3) is 5.83. The minimum atomic E-state index is -4.74. The lowest BCUT2D eigenvalue weighted by atomic mass is 9.83. The zero-order chi connectivity index (χ0) is 31.5. The first-order valence-electron chi connectivity index (χ1n) is 15.5. The van der Waals surface area contributed by atoms with E-state index in [-0.39, 0.29) is 41.0 Å². The molecule has 3 fully saturated rings. The minimum Gasteiger partial charge on any atom is -0.481 e. The molecule has 2 saturated carbocycles. The van der Waals surface area contributed by atoms with Crippen molar-refractivity contribution in [3.05, 3.63) is 69.9 Å². The Balaban J connectivity index is 1.27. The van der Waals surface area contributed by atoms with Gasteiger partial charge in [-0.1, -0.05) is 6.42 Å². The standard InChI is InChI=1S/C32H35F3N6O4/c1-40-16-37-39-30(40)29(21-14-45-15-21)20-9-26(18-5-6-18)38-27(10-20)41-13-23-22(31(41)44)7-19(8-24(23)32(33,34)35)25(11-28(42)43)36-12-17-3-2-4-17/h7-10,16-18,21,25,29,36H,2-6,11-15H2,1H3,(H,42,43)/t25-,29?/m1/s1. The smallest absolute Gasteiger partial charge is 0.416 e. The van der Waals surface area contributed by atoms with Crippen molar-refractivity contribution in [3.8, 4) is 0 Å². The molecule has 238 valence electrons. The highest BCUT2D eigenvalue weighted by atomic mass is 19.4. The summed E-state index contributed by atoms with van der Waals surface area (Å²) in [5.41, 5.74) is 0.699. The van der Waals surface area contributed by atoms with Gasteiger partial charge < -0.3 is 19.7 Å². The Bertz CT molecular complexity index is 1630. The Morgan fingerprint density at radius 2 is 1.91 bits per heavy atom. The molecule has 4 heterocycles. The number of amides is 1. The molecule has 4 aliphatic rings. The first-order valence-corrected chi connectivity index (χ1v) is 15.5. The number of ether oxygens (including phenoxy) is 1. The molecule has 0 bridgehead atoms. The quantitative estimate of drug-likeness (QED) is 0.307. The molecule has 10 nitrogen and oxygen atoms in total. The van der Waals surface area contributed by atoms with E-state index in [4.69, 9.17) is 9.72 Å². The average Bonchev–Trinajstić information content (AvgIpc) is 3.63. The summed E-state index contributed by atoms with van der Waals surface area (Å²) in [5, 5.41) is 21.2. The predicted octanol–water partition coefficient (Wildman–Crippen LogP) is 4.95. The number of hydrogen-bond acceptors (Lipinski definition) is 7. The molecule has 0 spiro atoms. The lowest BCUT2D eigenvalue weighted by Gasteiger charge is -2.34. The van der Waals surface area contributed by atoms with Crippen LogP contribution in [0.1, 0.15) is 101 Å². The van der Waals surface area contributed by atoms with E-state index in [1.54, 1.807) is 12.4 Å². The van der Waals surface area contributed by atoms with Crippen LogP contribution in [-0.2, 0) is 29.3 Å². The number of anilines is 1. The molecule has 2 atom stereocenters. The van der Waals surface area contributed by atoms with E-state index in [1.165, 1.54) is 11.0 Å². The van der Waals surface area contributed by atoms with E-state index >= 15 is 0 Å². The van der Waals surface area contributed by atoms with E-state index < -0.39 is 36.1 Å². The summed E-state index contributed by atoms with van der Waals surface area (Å²) in [6.07, 6.45) is 1.47. The van der Waals surface area contributed by atoms with Crippen molar-refractivity contribution in [2.45, 2.75) is 69.1 Å². The fourth-order valence-electron chi connectivity index (χ4n) is 6.67. The van der Waals surface area contributed by atoms with Crippen molar-refractivity contribution in [2.24, 2.45) is 18.9 Å². The highest BCUT2D eigenvalue weighted by Crippen LogP contribution is 2.45. The SMILES string of the molecule is Cn1cnnc1C(c1cc(C2CC2)nc(N2Cc3c(cc([C@@H](CC(=O)O)NCC4CCC4)cc3C(F)(F)F)C2=O)c1)C1COC1. The normalized spacial score (nSPS) is 20.1. The van der Waals surface area contributed by atoms with Crippen LogP contribution in [0.15, 0.2) is 30.6 Å². The van der Waals surface area contributed by atoms with Crippen LogP contribution in [0, 0.1) is 11.8 Å². The van der Waals surface area contributed by atoms with Gasteiger partial charge in [0.2, 0.25) is 0 Å². The van der Waals surface area contributed by atoms with Crippen LogP contribution in [0.4, 0.5) is 19.0 Å². The van der Waals surface area contributed by atoms with Crippen LogP contribution in [0.3, 0.4) is 0 Å². The largest absolute Gasteiger partial charge is 0.481 e. The van der Waals surface area contributed by atoms with E-state index in [0.717, 1.165) is 55.3 Å². The number of carbonyl (C=O) groups is 2. The van der Waals surface area contributed by atoms with Gasteiger partial charge in [-0.3, -0.25) is 14.5 Å². The second-order valence-electron chi connectivity index (χ2n) is 12.9. The topological polar surface area (TPSA) is 122 Å². The summed E-state index contributed by atoms with van der Waals surface area (Å²) in [4.78, 5) is 31.8. The number of benzene rings is 1. The fourth-order valence-corrected chi connectivity index (χ4v) is 6.67. The van der Waals surface area contributed by atoms with Gasteiger partial charge in [0.1, 0.15) is 18.0 Å². The van der Waals surface area contributed by atoms with Crippen LogP contribution >= 0.6 is 0 Å². The molecule has 45 heavy (non-hydrogen) atoms. The van der Waals surface area contributed by atoms with Crippen LogP contribution in [-0.4, -0.2) is 56.5 Å². The first-order chi connectivity index (χ1) is 21.6. The molecule has 1 aromatic carbocycles. The van der Waals surface area contributed by atoms with E-state index in [2.05, 4.69) is 15.5 Å². The average molecular weight is 625 g/mol. The summed E-state index contributed by atoms with van der Waals surface area (Å²) in [6.45, 7) is 1.29. The van der Waals surface area contributed by atoms with Crippen LogP contribution < -0.4 is 10.2 Å². The van der Waals surface area contributed by atoms with Gasteiger partial charge in [-0.25, -0.2) is 4.98 Å². The van der Waals surface area contributed by atoms with Crippen molar-refractivity contribution in [1.82, 2.24) is 25.1 Å². The number of fused-ring (bicyclic) bond motifs is 1. The molecular weight excluding hydrogens is 589 g/mol. The lowest BCUT2D eigenvalue weighted by Crippen LogP contribution is -2.35. The van der Waals surface area contributed by atoms with E-state index in [9.17, 15) is 27.9 Å². The van der Waals surface area contributed by atoms with E-state index in [0.29, 0.717) is 31.5 Å². The molecule has 0 radical (unpaired) electrons. The van der Waals surface area contributed by atoms with E-state index in [1.807, 2.05) is 17.7 Å². The Hall–Kier alpha value is -3.84. The number of aromatic nitrogens is 4. The summed E-state index contributed by atoms with van der Waals surface area (Å²) in [7, 11) is 1.86. The molecule has 2 aromatic heterocycles. The van der Waals surface area contributed by atoms with Gasteiger partial charge in [0.25, 0.3) is 5.91 Å². The van der Waals surface area contributed by atoms with Crippen molar-refractivity contribution in [1.29, 1.82) is 0 Å². The van der Waals surface area contributed by atoms with Gasteiger partial charge in [-0.15, -0.1) is 10.2 Å². The van der Waals surface area contributed by atoms with Crippen molar-refractivity contribution in [2.75, 3.05) is 24.7 Å². The molecule has 1 saturated heterocycles. The highest BCUT2D eigenvalue weighted by Gasteiger charge is 2.43. The Labute approximate surface area is 258 Å². The molecule has 13 heteroatoms. The fraction of sp³-hybridized carbons (Fsp3) is 0.531. The predicted molar refractivity (Wildman–Crippen MR) is 156 cm³/mol. The number of alkyl halides is 3. The number of halogens is 3. The molecule has 2 aliphatic heterocycles. The third-order valence-electron chi connectivity index (χ3n) is 9.67. The number of carboxylic acid groups (broad SMARTS) is 1. The number of hydrogen-bond donors (Lipinski definition) is 2. The number of carbonyl (C=O) groups excluding carboxylic acids is 1. The Morgan fingerprint density at radius 3 is 2.49 bits per heavy atom. The second kappa shape index (κ2) is 11.5.